The van der Waals surface area contributed by atoms with Crippen molar-refractivity contribution in [3.05, 3.63) is 0 Å². The van der Waals surface area contributed by atoms with Crippen LogP contribution in [0.15, 0.2) is 0 Å². The summed E-state index contributed by atoms with van der Waals surface area (Å²) in [4.78, 5) is 0. The first-order valence-electron chi connectivity index (χ1n) is 4.62. The summed E-state index contributed by atoms with van der Waals surface area (Å²) in [6.07, 6.45) is 8.51. The third-order valence-corrected chi connectivity index (χ3v) is 3.34. The van der Waals surface area contributed by atoms with E-state index in [-0.39, 0.29) is 7.43 Å². The number of hydrogen-bond donors (Lipinski definition) is 1. The van der Waals surface area contributed by atoms with Gasteiger partial charge in [0.05, 0.1) is 0 Å². The van der Waals surface area contributed by atoms with Crippen molar-refractivity contribution in [2.45, 2.75) is 52.0 Å². The molecule has 2 aliphatic rings. The van der Waals surface area contributed by atoms with Gasteiger partial charge in [-0.2, -0.15) is 0 Å². The van der Waals surface area contributed by atoms with Crippen LogP contribution >= 0.6 is 0 Å². The molecule has 2 saturated carbocycles. The highest BCUT2D eigenvalue weighted by atomic mass is 14.7. The minimum Gasteiger partial charge on any atom is -0.327 e. The molecule has 2 aliphatic carbocycles. The molecule has 0 spiro atoms. The molecule has 0 heterocycles. The van der Waals surface area contributed by atoms with E-state index in [1.54, 1.807) is 0 Å². The third-order valence-electron chi connectivity index (χ3n) is 3.34. The molecular formula is C10H21N. The van der Waals surface area contributed by atoms with Gasteiger partial charge in [-0.15, -0.1) is 0 Å². The third kappa shape index (κ3) is 1.76. The van der Waals surface area contributed by atoms with Gasteiger partial charge in [-0.05, 0) is 37.5 Å². The summed E-state index contributed by atoms with van der Waals surface area (Å²) in [6.45, 7) is 0. The highest BCUT2D eigenvalue weighted by Gasteiger charge is 2.30. The summed E-state index contributed by atoms with van der Waals surface area (Å²) in [5.74, 6) is 1.95. The van der Waals surface area contributed by atoms with Gasteiger partial charge in [0.15, 0.2) is 0 Å². The summed E-state index contributed by atoms with van der Waals surface area (Å²) in [5.41, 5.74) is 5.99. The molecule has 0 saturated heterocycles. The fourth-order valence-electron chi connectivity index (χ4n) is 2.65. The predicted molar refractivity (Wildman–Crippen MR) is 49.4 cm³/mol. The number of nitrogens with two attached hydrogens (primary N) is 1. The van der Waals surface area contributed by atoms with Crippen LogP contribution in [-0.4, -0.2) is 6.04 Å². The molecule has 66 valence electrons. The standard InChI is InChI=1S/C9H17N.CH4/c10-9-5-4-7-2-1-3-8(9)6-7;/h7-9H,1-6,10H2;1H4. The zero-order valence-electron chi connectivity index (χ0n) is 6.55. The maximum Gasteiger partial charge on any atom is 0.00673 e. The molecule has 0 amide bonds. The summed E-state index contributed by atoms with van der Waals surface area (Å²) in [7, 11) is 0. The molecule has 11 heavy (non-hydrogen) atoms. The summed E-state index contributed by atoms with van der Waals surface area (Å²) in [5, 5.41) is 0. The van der Waals surface area contributed by atoms with E-state index in [0.717, 1.165) is 11.8 Å². The van der Waals surface area contributed by atoms with E-state index in [1.165, 1.54) is 38.5 Å². The Bertz CT molecular complexity index is 120. The van der Waals surface area contributed by atoms with Crippen LogP contribution in [0.1, 0.15) is 46.0 Å². The van der Waals surface area contributed by atoms with E-state index in [9.17, 15) is 0 Å². The van der Waals surface area contributed by atoms with E-state index >= 15 is 0 Å². The van der Waals surface area contributed by atoms with Crippen molar-refractivity contribution in [2.75, 3.05) is 0 Å². The Balaban J connectivity index is 0.000000605. The molecule has 2 fully saturated rings. The van der Waals surface area contributed by atoms with Crippen LogP contribution in [0, 0.1) is 11.8 Å². The Morgan fingerprint density at radius 3 is 2.55 bits per heavy atom. The molecule has 0 radical (unpaired) electrons. The molecule has 2 N–H and O–H groups in total. The lowest BCUT2D eigenvalue weighted by molar-refractivity contribution is 0.165. The average molecular weight is 155 g/mol. The topological polar surface area (TPSA) is 26.0 Å². The van der Waals surface area contributed by atoms with Gasteiger partial charge < -0.3 is 5.73 Å². The largest absolute Gasteiger partial charge is 0.327 e. The molecule has 0 aromatic carbocycles. The molecule has 3 atom stereocenters. The summed E-state index contributed by atoms with van der Waals surface area (Å²) in [6, 6.07) is 0.552. The van der Waals surface area contributed by atoms with Gasteiger partial charge in [0.25, 0.3) is 0 Å². The van der Waals surface area contributed by atoms with Crippen molar-refractivity contribution in [3.63, 3.8) is 0 Å². The highest BCUT2D eigenvalue weighted by molar-refractivity contribution is 4.85. The normalized spacial score (nSPS) is 42.8. The molecule has 2 rings (SSSR count). The lowest BCUT2D eigenvalue weighted by atomic mass is 9.70. The zero-order valence-corrected chi connectivity index (χ0v) is 6.55. The molecule has 2 bridgehead atoms. The highest BCUT2D eigenvalue weighted by Crippen LogP contribution is 2.38. The minimum atomic E-state index is 0. The lowest BCUT2D eigenvalue weighted by Gasteiger charge is -2.38. The first-order chi connectivity index (χ1) is 4.86. The molecule has 1 heteroatoms. The second-order valence-corrected chi connectivity index (χ2v) is 4.03. The van der Waals surface area contributed by atoms with Gasteiger partial charge in [0.2, 0.25) is 0 Å². The number of hydrogen-bond acceptors (Lipinski definition) is 1. The summed E-state index contributed by atoms with van der Waals surface area (Å²) >= 11 is 0. The SMILES string of the molecule is C.NC1CCC2CCCC1C2. The van der Waals surface area contributed by atoms with Gasteiger partial charge >= 0.3 is 0 Å². The van der Waals surface area contributed by atoms with Gasteiger partial charge in [0, 0.05) is 6.04 Å². The Morgan fingerprint density at radius 1 is 1.00 bits per heavy atom. The second-order valence-electron chi connectivity index (χ2n) is 4.03. The number of rotatable bonds is 0. The zero-order chi connectivity index (χ0) is 6.97. The van der Waals surface area contributed by atoms with E-state index in [4.69, 9.17) is 5.73 Å². The minimum absolute atomic E-state index is 0. The van der Waals surface area contributed by atoms with Gasteiger partial charge in [-0.25, -0.2) is 0 Å². The fourth-order valence-corrected chi connectivity index (χ4v) is 2.65. The van der Waals surface area contributed by atoms with E-state index < -0.39 is 0 Å². The van der Waals surface area contributed by atoms with Crippen LogP contribution in [0.2, 0.25) is 0 Å². The van der Waals surface area contributed by atoms with Crippen molar-refractivity contribution in [2.24, 2.45) is 17.6 Å². The number of fused-ring (bicyclic) bond motifs is 2. The lowest BCUT2D eigenvalue weighted by Crippen LogP contribution is -2.38. The van der Waals surface area contributed by atoms with E-state index in [2.05, 4.69) is 0 Å². The molecule has 3 unspecified atom stereocenters. The molecule has 1 nitrogen and oxygen atoms in total. The summed E-state index contributed by atoms with van der Waals surface area (Å²) < 4.78 is 0. The Kier molecular flexibility index (Phi) is 2.94. The maximum absolute atomic E-state index is 5.99. The Labute approximate surface area is 70.4 Å². The van der Waals surface area contributed by atoms with Crippen molar-refractivity contribution in [1.29, 1.82) is 0 Å². The van der Waals surface area contributed by atoms with Crippen LogP contribution in [0.3, 0.4) is 0 Å². The molecule has 0 aliphatic heterocycles. The van der Waals surface area contributed by atoms with Gasteiger partial charge in [-0.1, -0.05) is 20.3 Å². The molecular weight excluding hydrogens is 134 g/mol. The van der Waals surface area contributed by atoms with Crippen LogP contribution < -0.4 is 5.73 Å². The van der Waals surface area contributed by atoms with Crippen LogP contribution in [0.5, 0.6) is 0 Å². The molecule has 0 aromatic heterocycles. The van der Waals surface area contributed by atoms with E-state index in [1.807, 2.05) is 0 Å². The van der Waals surface area contributed by atoms with Crippen LogP contribution in [-0.2, 0) is 0 Å². The van der Waals surface area contributed by atoms with Crippen molar-refractivity contribution < 1.29 is 0 Å². The van der Waals surface area contributed by atoms with Crippen molar-refractivity contribution in [1.82, 2.24) is 0 Å². The first kappa shape index (κ1) is 9.05. The van der Waals surface area contributed by atoms with Crippen LogP contribution in [0.25, 0.3) is 0 Å². The smallest absolute Gasteiger partial charge is 0.00673 e. The van der Waals surface area contributed by atoms with Crippen molar-refractivity contribution >= 4 is 0 Å². The Morgan fingerprint density at radius 2 is 1.82 bits per heavy atom. The van der Waals surface area contributed by atoms with Crippen LogP contribution in [0.4, 0.5) is 0 Å². The molecule has 0 aromatic rings. The average Bonchev–Trinajstić information content (AvgIpc) is 1.99. The quantitative estimate of drug-likeness (QED) is 0.571. The van der Waals surface area contributed by atoms with E-state index in [0.29, 0.717) is 6.04 Å². The first-order valence-corrected chi connectivity index (χ1v) is 4.62. The Hall–Kier alpha value is -0.0400. The predicted octanol–water partition coefficient (Wildman–Crippen LogP) is 2.55. The van der Waals surface area contributed by atoms with Gasteiger partial charge in [-0.3, -0.25) is 0 Å². The second kappa shape index (κ2) is 3.57. The fraction of sp³-hybridized carbons (Fsp3) is 1.00. The maximum atomic E-state index is 5.99. The van der Waals surface area contributed by atoms with Gasteiger partial charge in [0.1, 0.15) is 0 Å². The monoisotopic (exact) mass is 155 g/mol. The van der Waals surface area contributed by atoms with Crippen molar-refractivity contribution in [3.8, 4) is 0 Å².